The Balaban J connectivity index is 2.26. The van der Waals surface area contributed by atoms with Crippen LogP contribution in [0.3, 0.4) is 0 Å². The number of amides is 1. The standard InChI is InChI=1S/C20H19F2N5O3/c1-27-17(28)20(26-19(27)25,14-4-3-11(9-23)16(8-14)29-2)13-5-6-15(30-18(21)22)12(7-13)10-24/h3-8,18H,10,24H2,1-2H3,(H2,25,26). The van der Waals surface area contributed by atoms with Crippen molar-refractivity contribution in [1.82, 2.24) is 4.90 Å². The minimum Gasteiger partial charge on any atom is -0.495 e. The maximum absolute atomic E-state index is 13.3. The molecule has 0 spiro atoms. The number of nitrogens with zero attached hydrogens (tertiary/aromatic N) is 3. The molecule has 30 heavy (non-hydrogen) atoms. The van der Waals surface area contributed by atoms with Gasteiger partial charge in [0.15, 0.2) is 11.5 Å². The Morgan fingerprint density at radius 2 is 1.90 bits per heavy atom. The topological polar surface area (TPSA) is 127 Å². The molecule has 8 nitrogen and oxygen atoms in total. The fourth-order valence-corrected chi connectivity index (χ4v) is 3.37. The van der Waals surface area contributed by atoms with Crippen LogP contribution in [-0.4, -0.2) is 37.5 Å². The summed E-state index contributed by atoms with van der Waals surface area (Å²) in [5.41, 5.74) is 11.3. The molecule has 1 atom stereocenters. The van der Waals surface area contributed by atoms with Crippen molar-refractivity contribution in [3.8, 4) is 17.6 Å². The van der Waals surface area contributed by atoms with Gasteiger partial charge in [0, 0.05) is 19.2 Å². The average Bonchev–Trinajstić information content (AvgIpc) is 2.97. The summed E-state index contributed by atoms with van der Waals surface area (Å²) < 4.78 is 35.2. The number of ether oxygens (including phenoxy) is 2. The third-order valence-corrected chi connectivity index (χ3v) is 4.89. The average molecular weight is 415 g/mol. The van der Waals surface area contributed by atoms with Crippen molar-refractivity contribution in [3.63, 3.8) is 0 Å². The Kier molecular flexibility index (Phi) is 5.58. The molecular weight excluding hydrogens is 396 g/mol. The molecule has 3 rings (SSSR count). The summed E-state index contributed by atoms with van der Waals surface area (Å²) in [5, 5.41) is 9.25. The van der Waals surface area contributed by atoms with Crippen LogP contribution in [0.25, 0.3) is 0 Å². The number of guanidine groups is 1. The molecule has 2 aromatic carbocycles. The smallest absolute Gasteiger partial charge is 0.387 e. The number of aliphatic imine (C=N–C) groups is 1. The number of hydrogen-bond donors (Lipinski definition) is 2. The van der Waals surface area contributed by atoms with Crippen LogP contribution in [0.2, 0.25) is 0 Å². The maximum Gasteiger partial charge on any atom is 0.387 e. The Bertz CT molecular complexity index is 1070. The first-order chi connectivity index (χ1) is 14.3. The fourth-order valence-electron chi connectivity index (χ4n) is 3.37. The molecule has 0 bridgehead atoms. The van der Waals surface area contributed by atoms with Crippen LogP contribution in [0.1, 0.15) is 22.3 Å². The zero-order valence-electron chi connectivity index (χ0n) is 16.2. The minimum absolute atomic E-state index is 0.0227. The first-order valence-electron chi connectivity index (χ1n) is 8.78. The molecule has 0 saturated carbocycles. The summed E-state index contributed by atoms with van der Waals surface area (Å²) in [4.78, 5) is 18.9. The fraction of sp³-hybridized carbons (Fsp3) is 0.250. The number of carbonyl (C=O) groups is 1. The molecule has 1 aliphatic rings. The lowest BCUT2D eigenvalue weighted by atomic mass is 9.81. The molecule has 0 radical (unpaired) electrons. The third kappa shape index (κ3) is 3.29. The van der Waals surface area contributed by atoms with Crippen LogP contribution in [0.5, 0.6) is 11.5 Å². The van der Waals surface area contributed by atoms with E-state index in [1.807, 2.05) is 6.07 Å². The van der Waals surface area contributed by atoms with E-state index in [9.17, 15) is 18.8 Å². The highest BCUT2D eigenvalue weighted by atomic mass is 19.3. The molecule has 1 amide bonds. The highest BCUT2D eigenvalue weighted by molar-refractivity contribution is 6.09. The van der Waals surface area contributed by atoms with E-state index in [1.54, 1.807) is 6.07 Å². The van der Waals surface area contributed by atoms with Crippen molar-refractivity contribution in [3.05, 3.63) is 58.7 Å². The highest BCUT2D eigenvalue weighted by Gasteiger charge is 2.50. The van der Waals surface area contributed by atoms with E-state index in [2.05, 4.69) is 9.73 Å². The molecule has 1 unspecified atom stereocenters. The van der Waals surface area contributed by atoms with Gasteiger partial charge in [-0.05, 0) is 35.4 Å². The predicted molar refractivity (Wildman–Crippen MR) is 104 cm³/mol. The van der Waals surface area contributed by atoms with Gasteiger partial charge in [0.25, 0.3) is 5.91 Å². The Morgan fingerprint density at radius 1 is 1.23 bits per heavy atom. The molecule has 0 fully saturated rings. The van der Waals surface area contributed by atoms with Crippen molar-refractivity contribution in [1.29, 1.82) is 5.26 Å². The van der Waals surface area contributed by atoms with E-state index in [4.69, 9.17) is 16.2 Å². The summed E-state index contributed by atoms with van der Waals surface area (Å²) in [5.74, 6) is -0.329. The molecule has 2 aromatic rings. The van der Waals surface area contributed by atoms with Gasteiger partial charge in [0.05, 0.1) is 12.7 Å². The number of nitrogens with two attached hydrogens (primary N) is 2. The maximum atomic E-state index is 13.3. The first-order valence-corrected chi connectivity index (χ1v) is 8.78. The van der Waals surface area contributed by atoms with E-state index >= 15 is 0 Å². The van der Waals surface area contributed by atoms with E-state index in [0.29, 0.717) is 11.1 Å². The number of nitriles is 1. The van der Waals surface area contributed by atoms with Crippen molar-refractivity contribution >= 4 is 11.9 Å². The highest BCUT2D eigenvalue weighted by Crippen LogP contribution is 2.42. The molecule has 156 valence electrons. The molecule has 10 heteroatoms. The molecule has 4 N–H and O–H groups in total. The Hall–Kier alpha value is -3.71. The van der Waals surface area contributed by atoms with Gasteiger partial charge in [-0.25, -0.2) is 4.99 Å². The second kappa shape index (κ2) is 7.96. The summed E-state index contributed by atoms with van der Waals surface area (Å²) in [6.07, 6.45) is 0. The molecule has 0 saturated heterocycles. The molecular formula is C20H19F2N5O3. The summed E-state index contributed by atoms with van der Waals surface area (Å²) in [7, 11) is 2.87. The first kappa shape index (κ1) is 21.0. The number of alkyl halides is 2. The lowest BCUT2D eigenvalue weighted by Crippen LogP contribution is -2.41. The predicted octanol–water partition coefficient (Wildman–Crippen LogP) is 1.66. The van der Waals surface area contributed by atoms with Crippen LogP contribution in [-0.2, 0) is 16.9 Å². The number of benzene rings is 2. The SMILES string of the molecule is COc1cc(C2(c3ccc(OC(F)F)c(CN)c3)N=C(N)N(C)C2=O)ccc1C#N. The number of rotatable bonds is 6. The van der Waals surface area contributed by atoms with Crippen molar-refractivity contribution in [2.24, 2.45) is 16.5 Å². The number of hydrogen-bond acceptors (Lipinski definition) is 7. The lowest BCUT2D eigenvalue weighted by Gasteiger charge is -2.27. The number of carbonyl (C=O) groups excluding carboxylic acids is 1. The largest absolute Gasteiger partial charge is 0.495 e. The number of halogens is 2. The van der Waals surface area contributed by atoms with Gasteiger partial charge in [-0.3, -0.25) is 9.69 Å². The minimum atomic E-state index is -3.02. The lowest BCUT2D eigenvalue weighted by molar-refractivity contribution is -0.129. The second-order valence-electron chi connectivity index (χ2n) is 6.48. The van der Waals surface area contributed by atoms with Crippen molar-refractivity contribution in [2.75, 3.05) is 14.2 Å². The monoisotopic (exact) mass is 415 g/mol. The van der Waals surface area contributed by atoms with Crippen molar-refractivity contribution in [2.45, 2.75) is 18.7 Å². The second-order valence-corrected chi connectivity index (χ2v) is 6.48. The summed E-state index contributed by atoms with van der Waals surface area (Å²) >= 11 is 0. The zero-order valence-corrected chi connectivity index (χ0v) is 16.2. The van der Waals surface area contributed by atoms with Gasteiger partial charge in [0.1, 0.15) is 17.6 Å². The zero-order chi connectivity index (χ0) is 22.1. The van der Waals surface area contributed by atoms with Gasteiger partial charge in [-0.2, -0.15) is 14.0 Å². The van der Waals surface area contributed by atoms with Gasteiger partial charge in [-0.15, -0.1) is 0 Å². The summed E-state index contributed by atoms with van der Waals surface area (Å²) in [6, 6.07) is 10.9. The molecule has 1 heterocycles. The van der Waals surface area contributed by atoms with E-state index in [0.717, 1.165) is 0 Å². The molecule has 0 aliphatic carbocycles. The van der Waals surface area contributed by atoms with E-state index in [-0.39, 0.29) is 35.1 Å². The Labute approximate surface area is 171 Å². The van der Waals surface area contributed by atoms with Crippen LogP contribution < -0.4 is 20.9 Å². The van der Waals surface area contributed by atoms with Crippen LogP contribution in [0.15, 0.2) is 41.4 Å². The normalized spacial score (nSPS) is 18.4. The molecule has 0 aromatic heterocycles. The van der Waals surface area contributed by atoms with E-state index < -0.39 is 18.1 Å². The quantitative estimate of drug-likeness (QED) is 0.739. The van der Waals surface area contributed by atoms with Crippen LogP contribution in [0.4, 0.5) is 8.78 Å². The third-order valence-electron chi connectivity index (χ3n) is 4.89. The van der Waals surface area contributed by atoms with Crippen LogP contribution in [0, 0.1) is 11.3 Å². The van der Waals surface area contributed by atoms with Crippen molar-refractivity contribution < 1.29 is 23.0 Å². The van der Waals surface area contributed by atoms with E-state index in [1.165, 1.54) is 49.4 Å². The summed E-state index contributed by atoms with van der Waals surface area (Å²) in [6.45, 7) is -3.13. The number of likely N-dealkylation sites (N-methyl/N-ethyl adjacent to an activating group) is 1. The van der Waals surface area contributed by atoms with Gasteiger partial charge in [-0.1, -0.05) is 12.1 Å². The number of methoxy groups -OCH3 is 1. The van der Waals surface area contributed by atoms with Gasteiger partial charge < -0.3 is 20.9 Å². The Morgan fingerprint density at radius 3 is 2.43 bits per heavy atom. The van der Waals surface area contributed by atoms with Crippen LogP contribution >= 0.6 is 0 Å². The van der Waals surface area contributed by atoms with Gasteiger partial charge in [0.2, 0.25) is 0 Å². The molecule has 1 aliphatic heterocycles. The van der Waals surface area contributed by atoms with Gasteiger partial charge >= 0.3 is 6.61 Å².